The van der Waals surface area contributed by atoms with Crippen molar-refractivity contribution in [3.8, 4) is 0 Å². The van der Waals surface area contributed by atoms with Crippen molar-refractivity contribution in [3.05, 3.63) is 0 Å². The van der Waals surface area contributed by atoms with Crippen molar-refractivity contribution in [1.82, 2.24) is 10.2 Å². The average Bonchev–Trinajstić information content (AvgIpc) is 2.46. The second-order valence-electron chi connectivity index (χ2n) is 6.63. The summed E-state index contributed by atoms with van der Waals surface area (Å²) in [7, 11) is 2.17. The van der Waals surface area contributed by atoms with Crippen LogP contribution in [-0.2, 0) is 4.74 Å². The molecule has 0 aromatic rings. The van der Waals surface area contributed by atoms with E-state index in [9.17, 15) is 5.11 Å². The van der Waals surface area contributed by atoms with Gasteiger partial charge in [0.15, 0.2) is 0 Å². The van der Waals surface area contributed by atoms with E-state index in [0.29, 0.717) is 12.1 Å². The zero-order valence-electron chi connectivity index (χ0n) is 13.8. The molecule has 0 spiro atoms. The second kappa shape index (κ2) is 8.98. The van der Waals surface area contributed by atoms with Crippen molar-refractivity contribution in [2.45, 2.75) is 70.6 Å². The van der Waals surface area contributed by atoms with Gasteiger partial charge >= 0.3 is 0 Å². The fraction of sp³-hybridized carbons (Fsp3) is 1.00. The summed E-state index contributed by atoms with van der Waals surface area (Å²) in [5, 5.41) is 13.1. The highest BCUT2D eigenvalue weighted by molar-refractivity contribution is 4.87. The molecule has 0 amide bonds. The molecule has 1 aliphatic heterocycles. The number of nitrogens with zero attached hydrogens (tertiary/aromatic N) is 1. The highest BCUT2D eigenvalue weighted by atomic mass is 16.5. The maximum absolute atomic E-state index is 9.66. The van der Waals surface area contributed by atoms with Gasteiger partial charge in [-0.2, -0.15) is 0 Å². The topological polar surface area (TPSA) is 44.7 Å². The number of hydrogen-bond donors (Lipinski definition) is 2. The van der Waals surface area contributed by atoms with E-state index in [0.717, 1.165) is 32.5 Å². The smallest absolute Gasteiger partial charge is 0.0702 e. The molecule has 120 valence electrons. The lowest BCUT2D eigenvalue weighted by Gasteiger charge is -2.37. The van der Waals surface area contributed by atoms with Crippen LogP contribution in [0, 0.1) is 0 Å². The highest BCUT2D eigenvalue weighted by Crippen LogP contribution is 2.18. The van der Waals surface area contributed by atoms with Crippen LogP contribution in [0.2, 0.25) is 0 Å². The number of aliphatic hydroxyl groups is 1. The number of ether oxygens (including phenoxy) is 1. The van der Waals surface area contributed by atoms with Crippen LogP contribution < -0.4 is 5.32 Å². The Labute approximate surface area is 124 Å². The summed E-state index contributed by atoms with van der Waals surface area (Å²) in [4.78, 5) is 2.37. The molecule has 1 heterocycles. The van der Waals surface area contributed by atoms with E-state index in [1.807, 2.05) is 0 Å². The number of hydrogen-bond acceptors (Lipinski definition) is 4. The van der Waals surface area contributed by atoms with Crippen LogP contribution in [0.1, 0.15) is 52.9 Å². The van der Waals surface area contributed by atoms with Gasteiger partial charge in [0.05, 0.1) is 12.7 Å². The first-order chi connectivity index (χ1) is 9.50. The van der Waals surface area contributed by atoms with Crippen molar-refractivity contribution < 1.29 is 9.84 Å². The molecule has 20 heavy (non-hydrogen) atoms. The Morgan fingerprint density at radius 3 is 2.75 bits per heavy atom. The lowest BCUT2D eigenvalue weighted by molar-refractivity contribution is -0.0102. The standard InChI is InChI=1S/C16H34N2O2/c1-5-9-17-16(3,13-19)11-14(2)18(4)12-15-8-6-7-10-20-15/h14-15,17,19H,5-13H2,1-4H3. The Bertz CT molecular complexity index is 257. The first-order valence-electron chi connectivity index (χ1n) is 8.18. The predicted molar refractivity (Wildman–Crippen MR) is 84.1 cm³/mol. The Hall–Kier alpha value is -0.160. The summed E-state index contributed by atoms with van der Waals surface area (Å²) in [5.41, 5.74) is -0.183. The molecule has 2 N–H and O–H groups in total. The van der Waals surface area contributed by atoms with Crippen molar-refractivity contribution in [3.63, 3.8) is 0 Å². The molecule has 0 radical (unpaired) electrons. The molecule has 0 aliphatic carbocycles. The van der Waals surface area contributed by atoms with E-state index in [4.69, 9.17) is 4.74 Å². The normalized spacial score (nSPS) is 24.6. The van der Waals surface area contributed by atoms with Crippen LogP contribution in [0.4, 0.5) is 0 Å². The summed E-state index contributed by atoms with van der Waals surface area (Å²) in [6.07, 6.45) is 6.11. The Kier molecular flexibility index (Phi) is 8.03. The summed E-state index contributed by atoms with van der Waals surface area (Å²) in [5.74, 6) is 0. The van der Waals surface area contributed by atoms with Gasteiger partial charge in [-0.25, -0.2) is 0 Å². The van der Waals surface area contributed by atoms with Gasteiger partial charge < -0.3 is 20.1 Å². The van der Waals surface area contributed by atoms with Crippen LogP contribution >= 0.6 is 0 Å². The fourth-order valence-electron chi connectivity index (χ4n) is 2.88. The third-order valence-corrected chi connectivity index (χ3v) is 4.41. The number of likely N-dealkylation sites (N-methyl/N-ethyl adjacent to an activating group) is 1. The van der Waals surface area contributed by atoms with Crippen molar-refractivity contribution in [2.75, 3.05) is 33.4 Å². The molecule has 0 aromatic heterocycles. The Balaban J connectivity index is 2.39. The molecular formula is C16H34N2O2. The van der Waals surface area contributed by atoms with E-state index in [1.165, 1.54) is 19.3 Å². The molecule has 1 saturated heterocycles. The maximum atomic E-state index is 9.66. The fourth-order valence-corrected chi connectivity index (χ4v) is 2.88. The van der Waals surface area contributed by atoms with Crippen molar-refractivity contribution >= 4 is 0 Å². The average molecular weight is 286 g/mol. The van der Waals surface area contributed by atoms with Gasteiger partial charge in [-0.3, -0.25) is 0 Å². The molecule has 0 saturated carbocycles. The third kappa shape index (κ3) is 6.08. The zero-order chi connectivity index (χ0) is 15.0. The molecule has 3 atom stereocenters. The number of rotatable bonds is 9. The number of nitrogens with one attached hydrogen (secondary N) is 1. The summed E-state index contributed by atoms with van der Waals surface area (Å²) in [6.45, 7) is 9.56. The van der Waals surface area contributed by atoms with E-state index >= 15 is 0 Å². The summed E-state index contributed by atoms with van der Waals surface area (Å²) in [6, 6.07) is 0.432. The summed E-state index contributed by atoms with van der Waals surface area (Å²) < 4.78 is 5.81. The molecule has 1 aliphatic rings. The van der Waals surface area contributed by atoms with Crippen molar-refractivity contribution in [2.24, 2.45) is 0 Å². The second-order valence-corrected chi connectivity index (χ2v) is 6.63. The number of aliphatic hydroxyl groups excluding tert-OH is 1. The summed E-state index contributed by atoms with van der Waals surface area (Å²) >= 11 is 0. The lowest BCUT2D eigenvalue weighted by Crippen LogP contribution is -2.51. The van der Waals surface area contributed by atoms with Gasteiger partial charge in [-0.05, 0) is 59.5 Å². The third-order valence-electron chi connectivity index (χ3n) is 4.41. The largest absolute Gasteiger partial charge is 0.394 e. The van der Waals surface area contributed by atoms with Crippen LogP contribution in [0.25, 0.3) is 0 Å². The van der Waals surface area contributed by atoms with E-state index in [1.54, 1.807) is 0 Å². The molecule has 4 nitrogen and oxygen atoms in total. The predicted octanol–water partition coefficient (Wildman–Crippen LogP) is 2.02. The van der Waals surface area contributed by atoms with Crippen LogP contribution in [-0.4, -0.2) is 61.0 Å². The molecule has 0 aromatic carbocycles. The zero-order valence-corrected chi connectivity index (χ0v) is 13.8. The van der Waals surface area contributed by atoms with Crippen LogP contribution in [0.3, 0.4) is 0 Å². The SMILES string of the molecule is CCCNC(C)(CO)CC(C)N(C)CC1CCCCO1. The van der Waals surface area contributed by atoms with E-state index < -0.39 is 0 Å². The highest BCUT2D eigenvalue weighted by Gasteiger charge is 2.27. The van der Waals surface area contributed by atoms with E-state index in [-0.39, 0.29) is 12.1 Å². The molecular weight excluding hydrogens is 252 g/mol. The minimum absolute atomic E-state index is 0.183. The first-order valence-corrected chi connectivity index (χ1v) is 8.18. The van der Waals surface area contributed by atoms with Gasteiger partial charge in [0.25, 0.3) is 0 Å². The van der Waals surface area contributed by atoms with E-state index in [2.05, 4.69) is 38.0 Å². The molecule has 4 heteroatoms. The Morgan fingerprint density at radius 2 is 2.20 bits per heavy atom. The quantitative estimate of drug-likeness (QED) is 0.681. The lowest BCUT2D eigenvalue weighted by atomic mass is 9.93. The maximum Gasteiger partial charge on any atom is 0.0702 e. The molecule has 1 fully saturated rings. The van der Waals surface area contributed by atoms with Crippen LogP contribution in [0.15, 0.2) is 0 Å². The first kappa shape index (κ1) is 17.9. The molecule has 0 bridgehead atoms. The minimum atomic E-state index is -0.183. The van der Waals surface area contributed by atoms with Gasteiger partial charge in [0, 0.05) is 24.7 Å². The minimum Gasteiger partial charge on any atom is -0.394 e. The van der Waals surface area contributed by atoms with Gasteiger partial charge in [0.2, 0.25) is 0 Å². The van der Waals surface area contributed by atoms with Gasteiger partial charge in [-0.15, -0.1) is 0 Å². The van der Waals surface area contributed by atoms with Crippen molar-refractivity contribution in [1.29, 1.82) is 0 Å². The Morgan fingerprint density at radius 1 is 1.45 bits per heavy atom. The van der Waals surface area contributed by atoms with Crippen LogP contribution in [0.5, 0.6) is 0 Å². The van der Waals surface area contributed by atoms with Gasteiger partial charge in [-0.1, -0.05) is 6.92 Å². The van der Waals surface area contributed by atoms with Gasteiger partial charge in [0.1, 0.15) is 0 Å². The molecule has 1 rings (SSSR count). The molecule has 3 unspecified atom stereocenters. The monoisotopic (exact) mass is 286 g/mol.